The number of carbonyl (C=O) groups excluding carboxylic acids is 1. The number of ether oxygens (including phenoxy) is 1. The fourth-order valence-electron chi connectivity index (χ4n) is 1.48. The molecule has 1 unspecified atom stereocenters. The summed E-state index contributed by atoms with van der Waals surface area (Å²) in [6.45, 7) is 1.91. The second-order valence-corrected chi connectivity index (χ2v) is 3.20. The van der Waals surface area contributed by atoms with Gasteiger partial charge in [-0.25, -0.2) is 9.78 Å². The zero-order chi connectivity index (χ0) is 11.5. The van der Waals surface area contributed by atoms with Crippen LogP contribution in [0.3, 0.4) is 0 Å². The maximum absolute atomic E-state index is 11.4. The summed E-state index contributed by atoms with van der Waals surface area (Å²) >= 11 is 0. The highest BCUT2D eigenvalue weighted by Crippen LogP contribution is 2.23. The molecule has 84 valence electrons. The van der Waals surface area contributed by atoms with Crippen molar-refractivity contribution in [2.75, 3.05) is 6.61 Å². The zero-order valence-corrected chi connectivity index (χ0v) is 8.71. The van der Waals surface area contributed by atoms with E-state index in [0.29, 0.717) is 16.7 Å². The fraction of sp³-hybridized carbons (Fsp3) is 0.273. The van der Waals surface area contributed by atoms with E-state index in [1.807, 2.05) is 0 Å². The summed E-state index contributed by atoms with van der Waals surface area (Å²) in [5, 5.41) is 9.78. The fourth-order valence-corrected chi connectivity index (χ4v) is 1.48. The predicted molar refractivity (Wildman–Crippen MR) is 55.6 cm³/mol. The van der Waals surface area contributed by atoms with Crippen LogP contribution in [-0.4, -0.2) is 22.7 Å². The Hall–Kier alpha value is -1.88. The minimum absolute atomic E-state index is 0.227. The first-order valence-electron chi connectivity index (χ1n) is 4.91. The Labute approximate surface area is 91.7 Å². The number of fused-ring (bicyclic) bond motifs is 1. The van der Waals surface area contributed by atoms with E-state index in [0.717, 1.165) is 0 Å². The van der Waals surface area contributed by atoms with Crippen LogP contribution in [0.2, 0.25) is 0 Å². The molecule has 1 N–H and O–H groups in total. The number of aliphatic hydroxyl groups excluding tert-OH is 1. The highest BCUT2D eigenvalue weighted by Gasteiger charge is 2.22. The number of benzene rings is 1. The molecule has 0 radical (unpaired) electrons. The smallest absolute Gasteiger partial charge is 0.339 e. The monoisotopic (exact) mass is 221 g/mol. The molecule has 16 heavy (non-hydrogen) atoms. The first kappa shape index (κ1) is 10.6. The third-order valence-corrected chi connectivity index (χ3v) is 2.20. The second kappa shape index (κ2) is 4.32. The Morgan fingerprint density at radius 3 is 3.19 bits per heavy atom. The number of rotatable bonds is 3. The van der Waals surface area contributed by atoms with E-state index in [9.17, 15) is 9.90 Å². The quantitative estimate of drug-likeness (QED) is 0.793. The number of hydrogen-bond acceptors (Lipinski definition) is 5. The molecule has 5 heteroatoms. The van der Waals surface area contributed by atoms with E-state index >= 15 is 0 Å². The van der Waals surface area contributed by atoms with Crippen LogP contribution < -0.4 is 0 Å². The van der Waals surface area contributed by atoms with Crippen molar-refractivity contribution in [3.63, 3.8) is 0 Å². The molecule has 1 aromatic carbocycles. The highest BCUT2D eigenvalue weighted by molar-refractivity contribution is 5.84. The van der Waals surface area contributed by atoms with E-state index in [1.54, 1.807) is 25.1 Å². The Kier molecular flexibility index (Phi) is 2.87. The molecule has 1 aromatic heterocycles. The van der Waals surface area contributed by atoms with Crippen LogP contribution in [0, 0.1) is 0 Å². The standard InChI is InChI=1S/C11H11NO4/c1-2-15-11(14)10(13)7-4-3-5-8-9(7)12-6-16-8/h3-6,10,13H,2H2,1H3. The van der Waals surface area contributed by atoms with E-state index in [4.69, 9.17) is 9.15 Å². The second-order valence-electron chi connectivity index (χ2n) is 3.20. The Bertz CT molecular complexity index is 505. The predicted octanol–water partition coefficient (Wildman–Crippen LogP) is 1.42. The van der Waals surface area contributed by atoms with Crippen molar-refractivity contribution in [2.45, 2.75) is 13.0 Å². The maximum atomic E-state index is 11.4. The molecule has 0 aliphatic heterocycles. The third kappa shape index (κ3) is 1.77. The molecule has 0 amide bonds. The lowest BCUT2D eigenvalue weighted by Crippen LogP contribution is -2.15. The minimum atomic E-state index is -1.33. The molecular weight excluding hydrogens is 210 g/mol. The summed E-state index contributed by atoms with van der Waals surface area (Å²) in [4.78, 5) is 15.3. The first-order chi connectivity index (χ1) is 7.74. The summed E-state index contributed by atoms with van der Waals surface area (Å²) in [6.07, 6.45) is -0.0553. The van der Waals surface area contributed by atoms with Crippen molar-refractivity contribution in [1.82, 2.24) is 4.98 Å². The molecule has 2 rings (SSSR count). The summed E-state index contributed by atoms with van der Waals surface area (Å²) < 4.78 is 9.81. The number of aromatic nitrogens is 1. The van der Waals surface area contributed by atoms with Crippen molar-refractivity contribution in [3.8, 4) is 0 Å². The molecule has 1 atom stereocenters. The van der Waals surface area contributed by atoms with Crippen molar-refractivity contribution >= 4 is 17.1 Å². The molecule has 0 bridgehead atoms. The Morgan fingerprint density at radius 1 is 1.62 bits per heavy atom. The van der Waals surface area contributed by atoms with Gasteiger partial charge in [0.1, 0.15) is 5.52 Å². The van der Waals surface area contributed by atoms with Crippen LogP contribution in [0.15, 0.2) is 29.0 Å². The van der Waals surface area contributed by atoms with Crippen molar-refractivity contribution in [3.05, 3.63) is 30.2 Å². The van der Waals surface area contributed by atoms with Crippen LogP contribution in [0.1, 0.15) is 18.6 Å². The zero-order valence-electron chi connectivity index (χ0n) is 8.71. The van der Waals surface area contributed by atoms with Gasteiger partial charge in [0.15, 0.2) is 18.1 Å². The number of nitrogens with zero attached hydrogens (tertiary/aromatic N) is 1. The minimum Gasteiger partial charge on any atom is -0.464 e. The summed E-state index contributed by atoms with van der Waals surface area (Å²) in [5.41, 5.74) is 1.40. The van der Waals surface area contributed by atoms with Gasteiger partial charge in [0.2, 0.25) is 0 Å². The number of esters is 1. The van der Waals surface area contributed by atoms with Crippen molar-refractivity contribution in [1.29, 1.82) is 0 Å². The molecule has 1 heterocycles. The van der Waals surface area contributed by atoms with Crippen LogP contribution in [0.25, 0.3) is 11.1 Å². The molecule has 0 spiro atoms. The van der Waals surface area contributed by atoms with Crippen LogP contribution in [0.5, 0.6) is 0 Å². The molecule has 0 saturated carbocycles. The Balaban J connectivity index is 2.39. The SMILES string of the molecule is CCOC(=O)C(O)c1cccc2ocnc12. The summed E-state index contributed by atoms with van der Waals surface area (Å²) in [7, 11) is 0. The lowest BCUT2D eigenvalue weighted by Gasteiger charge is -2.09. The van der Waals surface area contributed by atoms with E-state index in [2.05, 4.69) is 4.98 Å². The van der Waals surface area contributed by atoms with Gasteiger partial charge < -0.3 is 14.3 Å². The van der Waals surface area contributed by atoms with Gasteiger partial charge in [-0.15, -0.1) is 0 Å². The molecule has 0 aliphatic rings. The van der Waals surface area contributed by atoms with E-state index in [-0.39, 0.29) is 6.61 Å². The molecule has 2 aromatic rings. The highest BCUT2D eigenvalue weighted by atomic mass is 16.5. The van der Waals surface area contributed by atoms with Gasteiger partial charge in [0.05, 0.1) is 6.61 Å². The van der Waals surface area contributed by atoms with E-state index < -0.39 is 12.1 Å². The summed E-state index contributed by atoms with van der Waals surface area (Å²) in [5.74, 6) is -0.682. The van der Waals surface area contributed by atoms with Crippen LogP contribution in [-0.2, 0) is 9.53 Å². The maximum Gasteiger partial charge on any atom is 0.339 e. The van der Waals surface area contributed by atoms with Gasteiger partial charge in [-0.1, -0.05) is 12.1 Å². The number of para-hydroxylation sites is 1. The van der Waals surface area contributed by atoms with E-state index in [1.165, 1.54) is 6.39 Å². The van der Waals surface area contributed by atoms with Crippen LogP contribution in [0.4, 0.5) is 0 Å². The average molecular weight is 221 g/mol. The van der Waals surface area contributed by atoms with Gasteiger partial charge >= 0.3 is 5.97 Å². The summed E-state index contributed by atoms with van der Waals surface area (Å²) in [6, 6.07) is 5.02. The molecular formula is C11H11NO4. The third-order valence-electron chi connectivity index (χ3n) is 2.20. The van der Waals surface area contributed by atoms with Gasteiger partial charge in [-0.2, -0.15) is 0 Å². The number of hydrogen-bond donors (Lipinski definition) is 1. The lowest BCUT2D eigenvalue weighted by atomic mass is 10.1. The topological polar surface area (TPSA) is 72.6 Å². The first-order valence-corrected chi connectivity index (χ1v) is 4.91. The Morgan fingerprint density at radius 2 is 2.44 bits per heavy atom. The van der Waals surface area contributed by atoms with Gasteiger partial charge in [-0.3, -0.25) is 0 Å². The van der Waals surface area contributed by atoms with Crippen molar-refractivity contribution < 1.29 is 19.1 Å². The van der Waals surface area contributed by atoms with Crippen molar-refractivity contribution in [2.24, 2.45) is 0 Å². The van der Waals surface area contributed by atoms with Gasteiger partial charge in [0, 0.05) is 5.56 Å². The number of carbonyl (C=O) groups is 1. The normalized spacial score (nSPS) is 12.6. The number of aliphatic hydroxyl groups is 1. The average Bonchev–Trinajstić information content (AvgIpc) is 2.76. The molecule has 0 saturated heterocycles. The lowest BCUT2D eigenvalue weighted by molar-refractivity contribution is -0.153. The van der Waals surface area contributed by atoms with Gasteiger partial charge in [-0.05, 0) is 13.0 Å². The molecule has 5 nitrogen and oxygen atoms in total. The van der Waals surface area contributed by atoms with Gasteiger partial charge in [0.25, 0.3) is 0 Å². The number of oxazole rings is 1. The molecule has 0 aliphatic carbocycles. The molecule has 0 fully saturated rings. The largest absolute Gasteiger partial charge is 0.464 e. The van der Waals surface area contributed by atoms with Crippen LogP contribution >= 0.6 is 0 Å².